The van der Waals surface area contributed by atoms with Crippen LogP contribution in [0.1, 0.15) is 0 Å². The van der Waals surface area contributed by atoms with E-state index in [2.05, 4.69) is 27.6 Å². The summed E-state index contributed by atoms with van der Waals surface area (Å²) in [6.07, 6.45) is 1.79. The van der Waals surface area contributed by atoms with Crippen LogP contribution in [0.15, 0.2) is 12.7 Å². The third kappa shape index (κ3) is 11.6. The summed E-state index contributed by atoms with van der Waals surface area (Å²) in [4.78, 5) is 0. The predicted molar refractivity (Wildman–Crippen MR) is 25.4 cm³/mol. The van der Waals surface area contributed by atoms with Crippen molar-refractivity contribution in [3.05, 3.63) is 12.7 Å². The van der Waals surface area contributed by atoms with Crippen LogP contribution in [-0.2, 0) is 21.1 Å². The zero-order valence-electron chi connectivity index (χ0n) is 2.79. The molecule has 0 N–H and O–H groups in total. The molecular weight excluding hydrogens is 176 g/mol. The van der Waals surface area contributed by atoms with Crippen molar-refractivity contribution in [1.82, 2.24) is 0 Å². The monoisotopic (exact) mass is 182 g/mol. The summed E-state index contributed by atoms with van der Waals surface area (Å²) in [6, 6.07) is 0. The van der Waals surface area contributed by atoms with Crippen molar-refractivity contribution in [2.75, 3.05) is 0 Å². The van der Waals surface area contributed by atoms with Gasteiger partial charge in [-0.1, -0.05) is 0 Å². The van der Waals surface area contributed by atoms with Gasteiger partial charge in [-0.3, -0.25) is 0 Å². The molecule has 0 saturated heterocycles. The second kappa shape index (κ2) is 8.85. The van der Waals surface area contributed by atoms with E-state index >= 15 is 0 Å². The Kier molecular flexibility index (Phi) is 16.4. The van der Waals surface area contributed by atoms with E-state index in [-0.39, 0.29) is 13.5 Å². The van der Waals surface area contributed by atoms with Gasteiger partial charge in [0.1, 0.15) is 0 Å². The second-order valence-electron chi connectivity index (χ2n) is 0.412. The molecule has 0 bridgehead atoms. The van der Waals surface area contributed by atoms with Gasteiger partial charge in [-0.2, -0.15) is 13.5 Å². The van der Waals surface area contributed by atoms with Gasteiger partial charge in [0.15, 0.2) is 0 Å². The molecule has 2 heteroatoms. The minimum absolute atomic E-state index is 0. The summed E-state index contributed by atoms with van der Waals surface area (Å²) in [5.41, 5.74) is 0. The summed E-state index contributed by atoms with van der Waals surface area (Å²) < 4.78 is 0.893. The van der Waals surface area contributed by atoms with Gasteiger partial charge >= 0.3 is 38.4 Å². The molecular formula is C3H7AgS. The van der Waals surface area contributed by atoms with Crippen molar-refractivity contribution in [3.8, 4) is 0 Å². The number of allylic oxidation sites excluding steroid dienone is 1. The van der Waals surface area contributed by atoms with Crippen LogP contribution >= 0.6 is 13.5 Å². The van der Waals surface area contributed by atoms with E-state index in [1.807, 2.05) is 0 Å². The predicted octanol–water partition coefficient (Wildman–Crippen LogP) is 1.25. The molecule has 0 rings (SSSR count). The van der Waals surface area contributed by atoms with Gasteiger partial charge in [0, 0.05) is 0 Å². The van der Waals surface area contributed by atoms with E-state index in [0.717, 1.165) is 4.64 Å². The first-order chi connectivity index (χ1) is 1.91. The number of hydrogen-bond acceptors (Lipinski definition) is 0. The third-order valence-corrected chi connectivity index (χ3v) is 0.515. The summed E-state index contributed by atoms with van der Waals surface area (Å²) in [6.45, 7) is 3.43. The Labute approximate surface area is 52.0 Å². The summed E-state index contributed by atoms with van der Waals surface area (Å²) in [5.74, 6) is 0. The summed E-state index contributed by atoms with van der Waals surface area (Å²) in [7, 11) is 0. The van der Waals surface area contributed by atoms with Gasteiger partial charge in [-0.05, 0) is 0 Å². The fourth-order valence-corrected chi connectivity index (χ4v) is 0. The molecule has 0 nitrogen and oxygen atoms in total. The molecule has 0 heterocycles. The van der Waals surface area contributed by atoms with E-state index in [9.17, 15) is 0 Å². The van der Waals surface area contributed by atoms with Gasteiger partial charge in [0.25, 0.3) is 0 Å². The fourth-order valence-electron chi connectivity index (χ4n) is 0. The van der Waals surface area contributed by atoms with Crippen LogP contribution in [-0.4, -0.2) is 0 Å². The first-order valence-electron chi connectivity index (χ1n) is 1.03. The Morgan fingerprint density at radius 2 is 2.00 bits per heavy atom. The maximum atomic E-state index is 3.43. The average molecular weight is 183 g/mol. The van der Waals surface area contributed by atoms with Crippen molar-refractivity contribution in [2.45, 2.75) is 4.64 Å². The van der Waals surface area contributed by atoms with E-state index in [1.54, 1.807) is 6.08 Å². The van der Waals surface area contributed by atoms with Crippen LogP contribution in [0.2, 0.25) is 4.64 Å². The molecule has 0 aromatic carbocycles. The Balaban J connectivity index is 0. The molecule has 0 unspecified atom stereocenters. The van der Waals surface area contributed by atoms with Crippen molar-refractivity contribution in [2.24, 2.45) is 0 Å². The molecule has 0 aliphatic carbocycles. The van der Waals surface area contributed by atoms with Crippen LogP contribution in [0.3, 0.4) is 0 Å². The molecule has 36 valence electrons. The van der Waals surface area contributed by atoms with Crippen molar-refractivity contribution < 1.29 is 21.1 Å². The van der Waals surface area contributed by atoms with Gasteiger partial charge in [-0.25, -0.2) is 0 Å². The Hall–Kier alpha value is 0.830. The van der Waals surface area contributed by atoms with Crippen molar-refractivity contribution in [3.63, 3.8) is 0 Å². The maximum absolute atomic E-state index is 3.43. The Morgan fingerprint density at radius 1 is 1.80 bits per heavy atom. The molecule has 0 aliphatic rings. The first-order valence-corrected chi connectivity index (χ1v) is 2.08. The SMILES string of the molecule is C=C[CH2][Ag].S. The van der Waals surface area contributed by atoms with E-state index in [0.29, 0.717) is 0 Å². The normalized spacial score (nSPS) is 5.20. The zero-order valence-corrected chi connectivity index (χ0v) is 5.28. The molecule has 0 radical (unpaired) electrons. The van der Waals surface area contributed by atoms with Crippen LogP contribution in [0, 0.1) is 0 Å². The Bertz CT molecular complexity index is 20.9. The topological polar surface area (TPSA) is 0 Å². The molecule has 0 fully saturated rings. The standard InChI is InChI=1S/C3H5.Ag.H2S/c1-3-2;;/h3H,1-2H2;;1H2. The van der Waals surface area contributed by atoms with Crippen LogP contribution in [0.4, 0.5) is 0 Å². The minimum Gasteiger partial charge on any atom is -0.197 e. The van der Waals surface area contributed by atoms with E-state index < -0.39 is 0 Å². The second-order valence-corrected chi connectivity index (χ2v) is 1.02. The van der Waals surface area contributed by atoms with Gasteiger partial charge in [0.2, 0.25) is 0 Å². The molecule has 0 aromatic heterocycles. The molecule has 0 atom stereocenters. The van der Waals surface area contributed by atoms with Crippen molar-refractivity contribution in [1.29, 1.82) is 0 Å². The van der Waals surface area contributed by atoms with E-state index in [4.69, 9.17) is 0 Å². The molecule has 0 saturated carbocycles. The zero-order chi connectivity index (χ0) is 3.41. The van der Waals surface area contributed by atoms with Gasteiger partial charge < -0.3 is 0 Å². The quantitative estimate of drug-likeness (QED) is 0.424. The molecule has 0 amide bonds. The average Bonchev–Trinajstić information content (AvgIpc) is 1.37. The first kappa shape index (κ1) is 9.27. The smallest absolute Gasteiger partial charge is 0.197 e. The Morgan fingerprint density at radius 3 is 2.00 bits per heavy atom. The third-order valence-electron chi connectivity index (χ3n) is 0.0870. The van der Waals surface area contributed by atoms with Crippen LogP contribution < -0.4 is 0 Å². The summed E-state index contributed by atoms with van der Waals surface area (Å²) >= 11 is 3.14. The minimum atomic E-state index is 0. The van der Waals surface area contributed by atoms with E-state index in [1.165, 1.54) is 0 Å². The van der Waals surface area contributed by atoms with Gasteiger partial charge in [0.05, 0.1) is 0 Å². The van der Waals surface area contributed by atoms with Crippen LogP contribution in [0.25, 0.3) is 0 Å². The van der Waals surface area contributed by atoms with Crippen LogP contribution in [0.5, 0.6) is 0 Å². The fraction of sp³-hybridized carbons (Fsp3) is 0.333. The van der Waals surface area contributed by atoms with Gasteiger partial charge in [-0.15, -0.1) is 0 Å². The summed E-state index contributed by atoms with van der Waals surface area (Å²) in [5, 5.41) is 0. The molecule has 0 aromatic rings. The van der Waals surface area contributed by atoms with Crippen molar-refractivity contribution >= 4 is 13.5 Å². The molecule has 0 spiro atoms. The largest absolute Gasteiger partial charge is 0.197 e. The number of rotatable bonds is 1. The number of hydrogen-bond donors (Lipinski definition) is 0. The molecule has 5 heavy (non-hydrogen) atoms. The maximum Gasteiger partial charge on any atom is -0.197 e. The molecule has 0 aliphatic heterocycles.